The monoisotopic (exact) mass is 267 g/mol. The van der Waals surface area contributed by atoms with Crippen LogP contribution in [0.3, 0.4) is 0 Å². The van der Waals surface area contributed by atoms with E-state index in [0.717, 1.165) is 18.2 Å². The van der Waals surface area contributed by atoms with Crippen molar-refractivity contribution in [3.63, 3.8) is 0 Å². The molecule has 0 aliphatic carbocycles. The maximum atomic E-state index is 11.9. The quantitative estimate of drug-likeness (QED) is 0.865. The summed E-state index contributed by atoms with van der Waals surface area (Å²) in [6, 6.07) is 2.93. The molecule has 0 atom stereocenters. The number of hydrogen-bond donors (Lipinski definition) is 2. The van der Waals surface area contributed by atoms with Crippen molar-refractivity contribution < 1.29 is 27.9 Å². The first-order valence-electron chi connectivity index (χ1n) is 4.12. The van der Waals surface area contributed by atoms with E-state index in [4.69, 9.17) is 16.7 Å². The average molecular weight is 268 g/mol. The summed E-state index contributed by atoms with van der Waals surface area (Å²) >= 11 is 5.50. The average Bonchev–Trinajstić information content (AvgIpc) is 2.14. The molecule has 0 fully saturated rings. The van der Waals surface area contributed by atoms with Gasteiger partial charge in [0.15, 0.2) is 0 Å². The standard InChI is InChI=1S/C9H5ClF3NO3/c10-5-1-4(7(15)16)2-6(3-5)14-8(17)9(11,12)13/h1-3H,(H,14,17)(H,15,16). The maximum absolute atomic E-state index is 11.9. The molecule has 2 N–H and O–H groups in total. The van der Waals surface area contributed by atoms with Crippen LogP contribution in [0.1, 0.15) is 10.4 Å². The molecule has 0 unspecified atom stereocenters. The smallest absolute Gasteiger partial charge is 0.471 e. The van der Waals surface area contributed by atoms with Gasteiger partial charge >= 0.3 is 18.1 Å². The van der Waals surface area contributed by atoms with E-state index >= 15 is 0 Å². The van der Waals surface area contributed by atoms with Crippen LogP contribution in [0.2, 0.25) is 5.02 Å². The van der Waals surface area contributed by atoms with Gasteiger partial charge in [0.05, 0.1) is 5.56 Å². The molecular formula is C9H5ClF3NO3. The highest BCUT2D eigenvalue weighted by molar-refractivity contribution is 6.31. The molecule has 0 radical (unpaired) electrons. The summed E-state index contributed by atoms with van der Waals surface area (Å²) in [7, 11) is 0. The van der Waals surface area contributed by atoms with Crippen molar-refractivity contribution in [1.29, 1.82) is 0 Å². The van der Waals surface area contributed by atoms with Gasteiger partial charge in [-0.2, -0.15) is 13.2 Å². The van der Waals surface area contributed by atoms with Crippen LogP contribution in [0.4, 0.5) is 18.9 Å². The van der Waals surface area contributed by atoms with Crippen LogP contribution in [-0.4, -0.2) is 23.2 Å². The van der Waals surface area contributed by atoms with Gasteiger partial charge in [0, 0.05) is 10.7 Å². The number of carboxylic acid groups (broad SMARTS) is 1. The van der Waals surface area contributed by atoms with Gasteiger partial charge in [-0.15, -0.1) is 0 Å². The van der Waals surface area contributed by atoms with Crippen LogP contribution < -0.4 is 5.32 Å². The number of anilines is 1. The molecule has 17 heavy (non-hydrogen) atoms. The van der Waals surface area contributed by atoms with E-state index in [9.17, 15) is 22.8 Å². The number of carbonyl (C=O) groups is 2. The number of halogens is 4. The van der Waals surface area contributed by atoms with Gasteiger partial charge < -0.3 is 10.4 Å². The number of rotatable bonds is 2. The van der Waals surface area contributed by atoms with Crippen molar-refractivity contribution >= 4 is 29.2 Å². The van der Waals surface area contributed by atoms with E-state index in [-0.39, 0.29) is 16.3 Å². The molecule has 0 spiro atoms. The van der Waals surface area contributed by atoms with E-state index < -0.39 is 18.1 Å². The lowest BCUT2D eigenvalue weighted by Gasteiger charge is -2.08. The molecule has 4 nitrogen and oxygen atoms in total. The Morgan fingerprint density at radius 2 is 1.82 bits per heavy atom. The zero-order valence-electron chi connectivity index (χ0n) is 8.01. The summed E-state index contributed by atoms with van der Waals surface area (Å²) in [4.78, 5) is 21.2. The minimum atomic E-state index is -5.05. The number of aromatic carboxylic acids is 1. The van der Waals surface area contributed by atoms with Crippen LogP contribution in [0.15, 0.2) is 18.2 Å². The van der Waals surface area contributed by atoms with E-state index in [1.807, 2.05) is 0 Å². The molecule has 0 aromatic heterocycles. The fourth-order valence-electron chi connectivity index (χ4n) is 0.987. The van der Waals surface area contributed by atoms with Crippen LogP contribution >= 0.6 is 11.6 Å². The first-order valence-corrected chi connectivity index (χ1v) is 4.50. The van der Waals surface area contributed by atoms with E-state index in [1.165, 1.54) is 5.32 Å². The third kappa shape index (κ3) is 3.63. The summed E-state index contributed by atoms with van der Waals surface area (Å²) in [5.74, 6) is -3.56. The number of alkyl halides is 3. The van der Waals surface area contributed by atoms with Gasteiger partial charge in [-0.1, -0.05) is 11.6 Å². The van der Waals surface area contributed by atoms with Crippen molar-refractivity contribution in [1.82, 2.24) is 0 Å². The summed E-state index contributed by atoms with van der Waals surface area (Å²) in [5, 5.41) is 10.0. The molecule has 1 amide bonds. The number of carboxylic acids is 1. The van der Waals surface area contributed by atoms with Gasteiger partial charge in [0.1, 0.15) is 0 Å². The molecule has 0 aliphatic heterocycles. The Balaban J connectivity index is 3.00. The Labute approximate surface area is 98.0 Å². The zero-order valence-corrected chi connectivity index (χ0v) is 8.76. The van der Waals surface area contributed by atoms with Crippen molar-refractivity contribution in [2.24, 2.45) is 0 Å². The van der Waals surface area contributed by atoms with E-state index in [1.54, 1.807) is 0 Å². The Hall–Kier alpha value is -1.76. The Kier molecular flexibility index (Phi) is 3.62. The Morgan fingerprint density at radius 1 is 1.24 bits per heavy atom. The Bertz CT molecular complexity index is 473. The molecule has 1 aromatic rings. The lowest BCUT2D eigenvalue weighted by atomic mass is 10.2. The van der Waals surface area contributed by atoms with E-state index in [2.05, 4.69) is 0 Å². The molecule has 0 aliphatic rings. The highest BCUT2D eigenvalue weighted by atomic mass is 35.5. The van der Waals surface area contributed by atoms with E-state index in [0.29, 0.717) is 0 Å². The lowest BCUT2D eigenvalue weighted by molar-refractivity contribution is -0.167. The van der Waals surface area contributed by atoms with Gasteiger partial charge in [-0.05, 0) is 18.2 Å². The SMILES string of the molecule is O=C(O)c1cc(Cl)cc(NC(=O)C(F)(F)F)c1. The highest BCUT2D eigenvalue weighted by Crippen LogP contribution is 2.22. The highest BCUT2D eigenvalue weighted by Gasteiger charge is 2.38. The summed E-state index contributed by atoms with van der Waals surface area (Å²) < 4.78 is 35.8. The number of carbonyl (C=O) groups excluding carboxylic acids is 1. The molecule has 0 saturated carbocycles. The normalized spacial score (nSPS) is 11.1. The summed E-state index contributed by atoms with van der Waals surface area (Å²) in [5.41, 5.74) is -0.660. The van der Waals surface area contributed by atoms with Crippen molar-refractivity contribution in [3.05, 3.63) is 28.8 Å². The molecule has 1 rings (SSSR count). The molecule has 92 valence electrons. The lowest BCUT2D eigenvalue weighted by Crippen LogP contribution is -2.30. The zero-order chi connectivity index (χ0) is 13.2. The Morgan fingerprint density at radius 3 is 2.29 bits per heavy atom. The molecule has 8 heteroatoms. The first-order chi connectivity index (χ1) is 7.70. The fraction of sp³-hybridized carbons (Fsp3) is 0.111. The van der Waals surface area contributed by atoms with Crippen LogP contribution in [0, 0.1) is 0 Å². The second-order valence-electron chi connectivity index (χ2n) is 2.99. The van der Waals surface area contributed by atoms with Gasteiger partial charge in [-0.3, -0.25) is 4.79 Å². The minimum Gasteiger partial charge on any atom is -0.478 e. The minimum absolute atomic E-state index is 0.0950. The van der Waals surface area contributed by atoms with Crippen LogP contribution in [-0.2, 0) is 4.79 Å². The predicted octanol–water partition coefficient (Wildman–Crippen LogP) is 2.54. The number of benzene rings is 1. The van der Waals surface area contributed by atoms with Crippen molar-refractivity contribution in [2.75, 3.05) is 5.32 Å². The maximum Gasteiger partial charge on any atom is 0.471 e. The topological polar surface area (TPSA) is 66.4 Å². The molecule has 0 saturated heterocycles. The second kappa shape index (κ2) is 4.62. The predicted molar refractivity (Wildman–Crippen MR) is 53.1 cm³/mol. The molecular weight excluding hydrogens is 263 g/mol. The van der Waals surface area contributed by atoms with Crippen molar-refractivity contribution in [3.8, 4) is 0 Å². The largest absolute Gasteiger partial charge is 0.478 e. The van der Waals surface area contributed by atoms with Crippen molar-refractivity contribution in [2.45, 2.75) is 6.18 Å². The number of amides is 1. The summed E-state index contributed by atoms with van der Waals surface area (Å²) in [6.07, 6.45) is -5.05. The number of nitrogens with one attached hydrogen (secondary N) is 1. The molecule has 0 heterocycles. The second-order valence-corrected chi connectivity index (χ2v) is 3.42. The third-order valence-electron chi connectivity index (χ3n) is 1.66. The first kappa shape index (κ1) is 13.3. The van der Waals surface area contributed by atoms with Crippen LogP contribution in [0.25, 0.3) is 0 Å². The van der Waals surface area contributed by atoms with Gasteiger partial charge in [0.2, 0.25) is 0 Å². The molecule has 0 bridgehead atoms. The number of hydrogen-bond acceptors (Lipinski definition) is 2. The van der Waals surface area contributed by atoms with Gasteiger partial charge in [-0.25, -0.2) is 4.79 Å². The fourth-order valence-corrected chi connectivity index (χ4v) is 1.22. The molecule has 1 aromatic carbocycles. The summed E-state index contributed by atoms with van der Waals surface area (Å²) in [6.45, 7) is 0. The third-order valence-corrected chi connectivity index (χ3v) is 1.88. The van der Waals surface area contributed by atoms with Gasteiger partial charge in [0.25, 0.3) is 0 Å². The van der Waals surface area contributed by atoms with Crippen LogP contribution in [0.5, 0.6) is 0 Å².